The summed E-state index contributed by atoms with van der Waals surface area (Å²) in [6.45, 7) is 3.73. The Morgan fingerprint density at radius 2 is 1.87 bits per heavy atom. The lowest BCUT2D eigenvalue weighted by Gasteiger charge is -2.11. The maximum absolute atomic E-state index is 12.4. The van der Waals surface area contributed by atoms with Crippen LogP contribution < -0.4 is 10.1 Å². The highest BCUT2D eigenvalue weighted by Crippen LogP contribution is 2.30. The lowest BCUT2D eigenvalue weighted by atomic mass is 10.1. The SMILES string of the molecule is Cc1cc(OCC(=O)Nc2cccc(-c3csc(-c4cccnc4)n3)c2)cc(C)c1Cl. The topological polar surface area (TPSA) is 64.1 Å². The molecule has 2 aromatic heterocycles. The number of anilines is 1. The van der Waals surface area contributed by atoms with E-state index in [0.29, 0.717) is 16.5 Å². The van der Waals surface area contributed by atoms with E-state index in [0.717, 1.165) is 33.0 Å². The third kappa shape index (κ3) is 5.10. The van der Waals surface area contributed by atoms with Gasteiger partial charge in [-0.05, 0) is 61.4 Å². The average Bonchev–Trinajstić information content (AvgIpc) is 3.27. The lowest BCUT2D eigenvalue weighted by molar-refractivity contribution is -0.118. The fourth-order valence-corrected chi connectivity index (χ4v) is 4.05. The van der Waals surface area contributed by atoms with Crippen LogP contribution in [-0.2, 0) is 4.79 Å². The van der Waals surface area contributed by atoms with E-state index in [-0.39, 0.29) is 12.5 Å². The number of carbonyl (C=O) groups excluding carboxylic acids is 1. The van der Waals surface area contributed by atoms with Crippen LogP contribution in [0.15, 0.2) is 66.3 Å². The summed E-state index contributed by atoms with van der Waals surface area (Å²) in [7, 11) is 0. The van der Waals surface area contributed by atoms with Crippen LogP contribution in [0, 0.1) is 13.8 Å². The van der Waals surface area contributed by atoms with Gasteiger partial charge in [0.25, 0.3) is 5.91 Å². The normalized spacial score (nSPS) is 10.7. The molecule has 4 aromatic rings. The molecule has 31 heavy (non-hydrogen) atoms. The summed E-state index contributed by atoms with van der Waals surface area (Å²) in [5.74, 6) is 0.380. The smallest absolute Gasteiger partial charge is 0.262 e. The number of nitrogens with zero attached hydrogens (tertiary/aromatic N) is 2. The maximum Gasteiger partial charge on any atom is 0.262 e. The Hall–Kier alpha value is -3.22. The van der Waals surface area contributed by atoms with Crippen LogP contribution in [0.25, 0.3) is 21.8 Å². The van der Waals surface area contributed by atoms with Gasteiger partial charge in [0.15, 0.2) is 6.61 Å². The average molecular weight is 450 g/mol. The molecular formula is C24H20ClN3O2S. The molecular weight excluding hydrogens is 430 g/mol. The molecule has 0 aliphatic heterocycles. The summed E-state index contributed by atoms with van der Waals surface area (Å²) >= 11 is 7.74. The number of aromatic nitrogens is 2. The predicted octanol–water partition coefficient (Wildman–Crippen LogP) is 6.16. The zero-order chi connectivity index (χ0) is 21.8. The minimum atomic E-state index is -0.239. The molecule has 0 bridgehead atoms. The zero-order valence-electron chi connectivity index (χ0n) is 17.1. The van der Waals surface area contributed by atoms with Gasteiger partial charge in [0.2, 0.25) is 0 Å². The van der Waals surface area contributed by atoms with E-state index in [1.807, 2.05) is 67.8 Å². The molecule has 5 nitrogen and oxygen atoms in total. The number of ether oxygens (including phenoxy) is 1. The second-order valence-corrected chi connectivity index (χ2v) is 8.30. The molecule has 0 radical (unpaired) electrons. The van der Waals surface area contributed by atoms with Gasteiger partial charge < -0.3 is 10.1 Å². The largest absolute Gasteiger partial charge is 0.484 e. The van der Waals surface area contributed by atoms with Crippen molar-refractivity contribution >= 4 is 34.5 Å². The van der Waals surface area contributed by atoms with E-state index in [4.69, 9.17) is 21.3 Å². The highest BCUT2D eigenvalue weighted by atomic mass is 35.5. The molecule has 4 rings (SSSR count). The first-order chi connectivity index (χ1) is 15.0. The number of rotatable bonds is 6. The Morgan fingerprint density at radius 3 is 2.61 bits per heavy atom. The van der Waals surface area contributed by atoms with Crippen molar-refractivity contribution in [2.24, 2.45) is 0 Å². The van der Waals surface area contributed by atoms with Gasteiger partial charge in [0, 0.05) is 39.6 Å². The molecule has 1 amide bonds. The molecule has 2 aromatic carbocycles. The van der Waals surface area contributed by atoms with E-state index >= 15 is 0 Å². The number of pyridine rings is 1. The van der Waals surface area contributed by atoms with Crippen molar-refractivity contribution < 1.29 is 9.53 Å². The third-order valence-corrected chi connectivity index (χ3v) is 6.12. The van der Waals surface area contributed by atoms with Crippen molar-refractivity contribution in [3.8, 4) is 27.6 Å². The molecule has 0 spiro atoms. The summed E-state index contributed by atoms with van der Waals surface area (Å²) in [5.41, 5.74) is 5.27. The number of halogens is 1. The summed E-state index contributed by atoms with van der Waals surface area (Å²) in [6, 6.07) is 15.1. The first-order valence-electron chi connectivity index (χ1n) is 9.65. The van der Waals surface area contributed by atoms with Gasteiger partial charge in [-0.2, -0.15) is 0 Å². The van der Waals surface area contributed by atoms with Crippen molar-refractivity contribution in [2.75, 3.05) is 11.9 Å². The van der Waals surface area contributed by atoms with Gasteiger partial charge in [0.1, 0.15) is 10.8 Å². The fourth-order valence-electron chi connectivity index (χ4n) is 3.12. The van der Waals surface area contributed by atoms with Gasteiger partial charge in [-0.1, -0.05) is 23.7 Å². The summed E-state index contributed by atoms with van der Waals surface area (Å²) < 4.78 is 5.64. The monoisotopic (exact) mass is 449 g/mol. The fraction of sp³-hybridized carbons (Fsp3) is 0.125. The van der Waals surface area contributed by atoms with Crippen LogP contribution in [-0.4, -0.2) is 22.5 Å². The van der Waals surface area contributed by atoms with Crippen LogP contribution in [0.2, 0.25) is 5.02 Å². The number of aryl methyl sites for hydroxylation is 2. The second-order valence-electron chi connectivity index (χ2n) is 7.07. The van der Waals surface area contributed by atoms with E-state index < -0.39 is 0 Å². The van der Waals surface area contributed by atoms with Crippen LogP contribution in [0.5, 0.6) is 5.75 Å². The first kappa shape index (κ1) is 21.0. The number of thiazole rings is 1. The second kappa shape index (κ2) is 9.29. The standard InChI is InChI=1S/C24H20ClN3O2S/c1-15-9-20(10-16(2)23(15)25)30-13-22(29)27-19-7-3-5-17(11-19)21-14-31-24(28-21)18-6-4-8-26-12-18/h3-12,14H,13H2,1-2H3,(H,27,29). The molecule has 0 unspecified atom stereocenters. The number of nitrogens with one attached hydrogen (secondary N) is 1. The number of benzene rings is 2. The van der Waals surface area contributed by atoms with E-state index in [1.165, 1.54) is 0 Å². The Bertz CT molecular complexity index is 1200. The number of hydrogen-bond donors (Lipinski definition) is 1. The van der Waals surface area contributed by atoms with Gasteiger partial charge in [-0.3, -0.25) is 9.78 Å². The molecule has 0 aliphatic rings. The van der Waals surface area contributed by atoms with Gasteiger partial charge >= 0.3 is 0 Å². The third-order valence-electron chi connectivity index (χ3n) is 4.63. The minimum absolute atomic E-state index is 0.0907. The zero-order valence-corrected chi connectivity index (χ0v) is 18.6. The van der Waals surface area contributed by atoms with Crippen molar-refractivity contribution in [1.29, 1.82) is 0 Å². The van der Waals surface area contributed by atoms with Crippen LogP contribution >= 0.6 is 22.9 Å². The molecule has 1 N–H and O–H groups in total. The first-order valence-corrected chi connectivity index (χ1v) is 10.9. The van der Waals surface area contributed by atoms with E-state index in [2.05, 4.69) is 10.3 Å². The molecule has 156 valence electrons. The minimum Gasteiger partial charge on any atom is -0.484 e. The Morgan fingerprint density at radius 1 is 1.10 bits per heavy atom. The van der Waals surface area contributed by atoms with Crippen molar-refractivity contribution in [3.05, 3.63) is 82.5 Å². The van der Waals surface area contributed by atoms with Crippen LogP contribution in [0.3, 0.4) is 0 Å². The molecule has 2 heterocycles. The van der Waals surface area contributed by atoms with Gasteiger partial charge in [-0.25, -0.2) is 4.98 Å². The van der Waals surface area contributed by atoms with Crippen LogP contribution in [0.1, 0.15) is 11.1 Å². The van der Waals surface area contributed by atoms with Crippen molar-refractivity contribution in [2.45, 2.75) is 13.8 Å². The predicted molar refractivity (Wildman–Crippen MR) is 126 cm³/mol. The number of hydrogen-bond acceptors (Lipinski definition) is 5. The Balaban J connectivity index is 1.42. The molecule has 0 fully saturated rings. The molecule has 7 heteroatoms. The van der Waals surface area contributed by atoms with Crippen molar-refractivity contribution in [1.82, 2.24) is 9.97 Å². The molecule has 0 aliphatic carbocycles. The Kier molecular flexibility index (Phi) is 6.30. The quantitative estimate of drug-likeness (QED) is 0.383. The molecule has 0 saturated heterocycles. The summed E-state index contributed by atoms with van der Waals surface area (Å²) in [5, 5.41) is 6.49. The molecule has 0 saturated carbocycles. The number of amides is 1. The summed E-state index contributed by atoms with van der Waals surface area (Å²) in [4.78, 5) is 21.2. The van der Waals surface area contributed by atoms with E-state index in [1.54, 1.807) is 23.7 Å². The highest BCUT2D eigenvalue weighted by molar-refractivity contribution is 7.13. The highest BCUT2D eigenvalue weighted by Gasteiger charge is 2.10. The van der Waals surface area contributed by atoms with Crippen molar-refractivity contribution in [3.63, 3.8) is 0 Å². The van der Waals surface area contributed by atoms with Crippen LogP contribution in [0.4, 0.5) is 5.69 Å². The van der Waals surface area contributed by atoms with Gasteiger partial charge in [0.05, 0.1) is 5.69 Å². The summed E-state index contributed by atoms with van der Waals surface area (Å²) in [6.07, 6.45) is 3.53. The van der Waals surface area contributed by atoms with Gasteiger partial charge in [-0.15, -0.1) is 11.3 Å². The number of carbonyl (C=O) groups is 1. The molecule has 0 atom stereocenters. The lowest BCUT2D eigenvalue weighted by Crippen LogP contribution is -2.20. The maximum atomic E-state index is 12.4. The van der Waals surface area contributed by atoms with E-state index in [9.17, 15) is 4.79 Å². The Labute approximate surface area is 189 Å².